The molecule has 2 heterocycles. The van der Waals surface area contributed by atoms with Crippen LogP contribution in [-0.4, -0.2) is 50.6 Å². The summed E-state index contributed by atoms with van der Waals surface area (Å²) in [5, 5.41) is 14.4. The molecule has 1 amide bonds. The Morgan fingerprint density at radius 1 is 1.02 bits per heavy atom. The van der Waals surface area contributed by atoms with Gasteiger partial charge < -0.3 is 24.6 Å². The highest BCUT2D eigenvalue weighted by molar-refractivity contribution is 6.37. The predicted octanol–water partition coefficient (Wildman–Crippen LogP) is 7.34. The molecule has 1 atom stereocenters. The lowest BCUT2D eigenvalue weighted by molar-refractivity contribution is -0.140. The number of nitrogens with zero attached hydrogens (tertiary/aromatic N) is 3. The highest BCUT2D eigenvalue weighted by Crippen LogP contribution is 2.47. The summed E-state index contributed by atoms with van der Waals surface area (Å²) in [5.41, 5.74) is 3.92. The van der Waals surface area contributed by atoms with E-state index in [4.69, 9.17) is 39.5 Å². The summed E-state index contributed by atoms with van der Waals surface area (Å²) < 4.78 is 38.7. The number of carbonyl (C=O) groups excluding carboxylic acids is 1. The van der Waals surface area contributed by atoms with Gasteiger partial charge in [0.2, 0.25) is 0 Å². The molecule has 1 unspecified atom stereocenters. The summed E-state index contributed by atoms with van der Waals surface area (Å²) in [6.07, 6.45) is 1.93. The Hall–Kier alpha value is -3.74. The van der Waals surface area contributed by atoms with Gasteiger partial charge in [0, 0.05) is 49.9 Å². The number of carboxylic acids is 1. The van der Waals surface area contributed by atoms with Crippen LogP contribution < -0.4 is 15.4 Å². The normalized spacial score (nSPS) is 17.8. The Morgan fingerprint density at radius 3 is 2.41 bits per heavy atom. The number of halogens is 5. The fourth-order valence-corrected chi connectivity index (χ4v) is 7.60. The molecular formula is C35H32Cl3F2N5O4. The second kappa shape index (κ2) is 12.9. The average molecular weight is 731 g/mol. The Balaban J connectivity index is 1.13. The van der Waals surface area contributed by atoms with E-state index in [0.717, 1.165) is 41.0 Å². The number of hydrogen-bond acceptors (Lipinski definition) is 6. The summed E-state index contributed by atoms with van der Waals surface area (Å²) in [7, 11) is 3.86. The fraction of sp³-hybridized carbons (Fsp3) is 0.343. The Morgan fingerprint density at radius 2 is 1.71 bits per heavy atom. The van der Waals surface area contributed by atoms with Gasteiger partial charge in [-0.1, -0.05) is 65.1 Å². The molecule has 49 heavy (non-hydrogen) atoms. The van der Waals surface area contributed by atoms with Gasteiger partial charge in [-0.2, -0.15) is 0 Å². The van der Waals surface area contributed by atoms with E-state index in [0.29, 0.717) is 54.3 Å². The number of carboxylic acid groups (broad SMARTS) is 1. The number of nitrogens with one attached hydrogen (secondary N) is 2. The van der Waals surface area contributed by atoms with E-state index in [-0.39, 0.29) is 11.7 Å². The number of imidazole rings is 1. The average Bonchev–Trinajstić information content (AvgIpc) is 3.66. The molecule has 0 saturated heterocycles. The van der Waals surface area contributed by atoms with Gasteiger partial charge in [-0.05, 0) is 55.5 Å². The monoisotopic (exact) mass is 729 g/mol. The number of amides is 1. The quantitative estimate of drug-likeness (QED) is 0.155. The van der Waals surface area contributed by atoms with Gasteiger partial charge in [0.15, 0.2) is 23.2 Å². The van der Waals surface area contributed by atoms with Crippen molar-refractivity contribution in [3.63, 3.8) is 0 Å². The fourth-order valence-electron chi connectivity index (χ4n) is 6.77. The number of ether oxygens (including phenoxy) is 1. The zero-order valence-electron chi connectivity index (χ0n) is 26.6. The highest BCUT2D eigenvalue weighted by atomic mass is 35.5. The maximum absolute atomic E-state index is 15.4. The van der Waals surface area contributed by atoms with Crippen LogP contribution in [0.4, 0.5) is 14.5 Å². The van der Waals surface area contributed by atoms with Crippen LogP contribution in [0.5, 0.6) is 5.75 Å². The Bertz CT molecular complexity index is 2000. The van der Waals surface area contributed by atoms with Crippen LogP contribution in [0.15, 0.2) is 36.4 Å². The van der Waals surface area contributed by atoms with E-state index in [1.54, 1.807) is 12.1 Å². The van der Waals surface area contributed by atoms with Crippen molar-refractivity contribution in [2.75, 3.05) is 18.9 Å². The van der Waals surface area contributed by atoms with E-state index >= 15 is 8.78 Å². The van der Waals surface area contributed by atoms with Gasteiger partial charge in [-0.15, -0.1) is 0 Å². The zero-order chi connectivity index (χ0) is 34.8. The van der Waals surface area contributed by atoms with Gasteiger partial charge in [-0.3, -0.25) is 14.9 Å². The summed E-state index contributed by atoms with van der Waals surface area (Å²) in [6, 6.07) is 11.0. The third-order valence-electron chi connectivity index (χ3n) is 9.74. The molecule has 0 spiro atoms. The first-order valence-corrected chi connectivity index (χ1v) is 17.0. The van der Waals surface area contributed by atoms with Crippen molar-refractivity contribution in [1.29, 1.82) is 0 Å². The first-order chi connectivity index (χ1) is 23.4. The topological polar surface area (TPSA) is 109 Å². The lowest BCUT2D eigenvalue weighted by Crippen LogP contribution is -2.39. The number of aliphatic carboxylic acids is 1. The van der Waals surface area contributed by atoms with Gasteiger partial charge in [-0.25, -0.2) is 13.8 Å². The minimum absolute atomic E-state index is 0.309. The second-order valence-electron chi connectivity index (χ2n) is 12.8. The Kier molecular flexibility index (Phi) is 8.85. The van der Waals surface area contributed by atoms with E-state index in [2.05, 4.69) is 20.5 Å². The molecule has 4 aromatic rings. The molecule has 1 aliphatic heterocycles. The minimum Gasteiger partial charge on any atom is -0.482 e. The van der Waals surface area contributed by atoms with E-state index in [9.17, 15) is 14.7 Å². The summed E-state index contributed by atoms with van der Waals surface area (Å²) in [4.78, 5) is 31.7. The molecule has 0 radical (unpaired) electrons. The second-order valence-corrected chi connectivity index (χ2v) is 14.0. The number of aromatic nitrogens is 2. The van der Waals surface area contributed by atoms with Crippen molar-refractivity contribution in [3.8, 4) is 16.9 Å². The SMILES string of the molecule is CN1CCc2c(nc(C(=O)Nc3cccc(-c4cccc5c4CCC5Oc4c(Cl)c(F)c(CNC5(C(=O)O)CC5)c(F)c4Cl)c3Cl)n2C)C1. The maximum Gasteiger partial charge on any atom is 0.323 e. The van der Waals surface area contributed by atoms with Gasteiger partial charge in [0.25, 0.3) is 5.91 Å². The molecule has 0 bridgehead atoms. The van der Waals surface area contributed by atoms with Crippen molar-refractivity contribution in [2.45, 2.75) is 56.8 Å². The van der Waals surface area contributed by atoms with Crippen molar-refractivity contribution in [2.24, 2.45) is 7.05 Å². The van der Waals surface area contributed by atoms with E-state index in [1.807, 2.05) is 42.9 Å². The molecule has 9 nitrogen and oxygen atoms in total. The van der Waals surface area contributed by atoms with Crippen LogP contribution in [0, 0.1) is 11.6 Å². The van der Waals surface area contributed by atoms with Crippen LogP contribution >= 0.6 is 34.8 Å². The van der Waals surface area contributed by atoms with E-state index < -0.39 is 51.4 Å². The summed E-state index contributed by atoms with van der Waals surface area (Å²) >= 11 is 19.6. The molecule has 1 aromatic heterocycles. The van der Waals surface area contributed by atoms with Crippen LogP contribution in [0.1, 0.15) is 64.1 Å². The third-order valence-corrected chi connectivity index (χ3v) is 10.8. The largest absolute Gasteiger partial charge is 0.482 e. The molecule has 1 saturated carbocycles. The van der Waals surface area contributed by atoms with Crippen LogP contribution in [0.2, 0.25) is 15.1 Å². The first-order valence-electron chi connectivity index (χ1n) is 15.8. The molecule has 3 aliphatic rings. The number of carbonyl (C=O) groups is 2. The molecule has 1 fully saturated rings. The van der Waals surface area contributed by atoms with Crippen molar-refractivity contribution in [3.05, 3.63) is 97.0 Å². The van der Waals surface area contributed by atoms with Gasteiger partial charge in [0.1, 0.15) is 21.7 Å². The Labute approximate surface area is 296 Å². The molecule has 14 heteroatoms. The number of hydrogen-bond donors (Lipinski definition) is 3. The lowest BCUT2D eigenvalue weighted by Gasteiger charge is -2.21. The maximum atomic E-state index is 15.4. The van der Waals surface area contributed by atoms with Gasteiger partial charge in [0.05, 0.1) is 16.4 Å². The van der Waals surface area contributed by atoms with Crippen LogP contribution in [-0.2, 0) is 37.8 Å². The molecular weight excluding hydrogens is 699 g/mol. The highest BCUT2D eigenvalue weighted by Gasteiger charge is 2.50. The molecule has 7 rings (SSSR count). The minimum atomic E-state index is -1.21. The smallest absolute Gasteiger partial charge is 0.323 e. The standard InChI is InChI=1S/C35H32Cl3F2N5O4/c1-44-14-11-24-23(16-44)42-32(45(24)2)33(46)43-22-8-4-7-20(26(22)36)17-5-3-6-19-18(17)9-10-25(19)49-31-27(37)29(39)21(30(40)28(31)38)15-41-35(12-13-35)34(47)48/h3-8,25,41H,9-16H2,1-2H3,(H,43,46)(H,47,48). The molecule has 256 valence electrons. The predicted molar refractivity (Wildman–Crippen MR) is 183 cm³/mol. The first kappa shape index (κ1) is 33.7. The number of anilines is 1. The molecule has 3 aromatic carbocycles. The molecule has 3 N–H and O–H groups in total. The summed E-state index contributed by atoms with van der Waals surface area (Å²) in [6.45, 7) is 1.17. The van der Waals surface area contributed by atoms with Gasteiger partial charge >= 0.3 is 5.97 Å². The number of rotatable bonds is 9. The zero-order valence-corrected chi connectivity index (χ0v) is 28.9. The van der Waals surface area contributed by atoms with Crippen molar-refractivity contribution in [1.82, 2.24) is 19.8 Å². The summed E-state index contributed by atoms with van der Waals surface area (Å²) in [5.74, 6) is -3.60. The van der Waals surface area contributed by atoms with Crippen molar-refractivity contribution >= 4 is 52.4 Å². The lowest BCUT2D eigenvalue weighted by atomic mass is 9.96. The number of benzene rings is 3. The third kappa shape index (κ3) is 5.95. The van der Waals surface area contributed by atoms with Crippen LogP contribution in [0.3, 0.4) is 0 Å². The van der Waals surface area contributed by atoms with E-state index in [1.165, 1.54) is 0 Å². The molecule has 2 aliphatic carbocycles. The van der Waals surface area contributed by atoms with Crippen LogP contribution in [0.25, 0.3) is 11.1 Å². The number of fused-ring (bicyclic) bond motifs is 2. The van der Waals surface area contributed by atoms with Crippen molar-refractivity contribution < 1.29 is 28.2 Å². The number of likely N-dealkylation sites (N-methyl/N-ethyl adjacent to an activating group) is 1.